The van der Waals surface area contributed by atoms with Crippen LogP contribution in [0.15, 0.2) is 29.3 Å². The van der Waals surface area contributed by atoms with E-state index < -0.39 is 12.8 Å². The summed E-state index contributed by atoms with van der Waals surface area (Å²) in [6.07, 6.45) is -0.849. The highest BCUT2D eigenvalue weighted by atomic mass is 127. The van der Waals surface area contributed by atoms with Gasteiger partial charge in [0.15, 0.2) is 12.6 Å². The maximum Gasteiger partial charge on any atom is 0.422 e. The molecule has 1 fully saturated rings. The first-order chi connectivity index (χ1) is 10.4. The largest absolute Gasteiger partial charge is 0.484 e. The van der Waals surface area contributed by atoms with Crippen molar-refractivity contribution in [3.05, 3.63) is 29.8 Å². The highest BCUT2D eigenvalue weighted by Gasteiger charge is 2.28. The maximum absolute atomic E-state index is 12.0. The number of rotatable bonds is 4. The molecule has 0 radical (unpaired) electrons. The number of halogens is 4. The van der Waals surface area contributed by atoms with Crippen LogP contribution in [0.25, 0.3) is 0 Å². The summed E-state index contributed by atoms with van der Waals surface area (Å²) in [6, 6.07) is 6.40. The molecule has 2 N–H and O–H groups in total. The minimum absolute atomic E-state index is 0. The molecule has 0 amide bonds. The lowest BCUT2D eigenvalue weighted by atomic mass is 10.1. The van der Waals surface area contributed by atoms with Gasteiger partial charge in [-0.2, -0.15) is 13.2 Å². The minimum atomic E-state index is -4.33. The quantitative estimate of drug-likeness (QED) is 0.440. The Morgan fingerprint density at radius 3 is 2.30 bits per heavy atom. The van der Waals surface area contributed by atoms with Crippen LogP contribution in [0.1, 0.15) is 24.8 Å². The van der Waals surface area contributed by atoms with Crippen LogP contribution in [0.2, 0.25) is 0 Å². The molecule has 1 heterocycles. The number of hydrogen-bond donors (Lipinski definition) is 1. The third-order valence-electron chi connectivity index (χ3n) is 3.43. The summed E-state index contributed by atoms with van der Waals surface area (Å²) >= 11 is 0. The van der Waals surface area contributed by atoms with Crippen molar-refractivity contribution in [2.75, 3.05) is 19.7 Å². The van der Waals surface area contributed by atoms with Gasteiger partial charge in [0.1, 0.15) is 5.75 Å². The van der Waals surface area contributed by atoms with E-state index in [9.17, 15) is 13.2 Å². The van der Waals surface area contributed by atoms with Gasteiger partial charge in [0, 0.05) is 13.1 Å². The molecule has 0 spiro atoms. The summed E-state index contributed by atoms with van der Waals surface area (Å²) < 4.78 is 40.8. The normalized spacial score (nSPS) is 16.0. The zero-order valence-corrected chi connectivity index (χ0v) is 15.0. The van der Waals surface area contributed by atoms with Crippen molar-refractivity contribution >= 4 is 29.9 Å². The van der Waals surface area contributed by atoms with Gasteiger partial charge >= 0.3 is 6.18 Å². The van der Waals surface area contributed by atoms with Crippen molar-refractivity contribution < 1.29 is 17.9 Å². The molecule has 0 aliphatic carbocycles. The fourth-order valence-electron chi connectivity index (χ4n) is 2.25. The molecule has 1 aromatic carbocycles. The summed E-state index contributed by atoms with van der Waals surface area (Å²) in [5.41, 5.74) is 6.82. The average molecular weight is 443 g/mol. The summed E-state index contributed by atoms with van der Waals surface area (Å²) in [7, 11) is 0. The van der Waals surface area contributed by atoms with Gasteiger partial charge in [-0.3, -0.25) is 0 Å². The number of guanidine groups is 1. The molecule has 4 nitrogen and oxygen atoms in total. The summed E-state index contributed by atoms with van der Waals surface area (Å²) in [5.74, 6) is 0.714. The Labute approximate surface area is 150 Å². The van der Waals surface area contributed by atoms with Crippen LogP contribution in [0, 0.1) is 0 Å². The van der Waals surface area contributed by atoms with Crippen molar-refractivity contribution in [2.45, 2.75) is 32.0 Å². The third-order valence-corrected chi connectivity index (χ3v) is 3.43. The van der Waals surface area contributed by atoms with E-state index in [-0.39, 0.29) is 29.7 Å². The van der Waals surface area contributed by atoms with E-state index in [0.717, 1.165) is 31.5 Å². The first-order valence-electron chi connectivity index (χ1n) is 7.27. The van der Waals surface area contributed by atoms with E-state index in [1.807, 2.05) is 0 Å². The molecule has 1 saturated heterocycles. The van der Waals surface area contributed by atoms with Gasteiger partial charge in [-0.25, -0.2) is 4.99 Å². The molecule has 0 aromatic heterocycles. The Morgan fingerprint density at radius 1 is 1.13 bits per heavy atom. The van der Waals surface area contributed by atoms with E-state index in [4.69, 9.17) is 5.73 Å². The Hall–Kier alpha value is -1.19. The number of ether oxygens (including phenoxy) is 1. The number of piperidine rings is 1. The van der Waals surface area contributed by atoms with Crippen molar-refractivity contribution in [1.29, 1.82) is 0 Å². The molecule has 8 heteroatoms. The van der Waals surface area contributed by atoms with Gasteiger partial charge in [-0.15, -0.1) is 24.0 Å². The van der Waals surface area contributed by atoms with Gasteiger partial charge in [0.25, 0.3) is 0 Å². The van der Waals surface area contributed by atoms with Crippen molar-refractivity contribution in [3.63, 3.8) is 0 Å². The second-order valence-electron chi connectivity index (χ2n) is 5.27. The highest BCUT2D eigenvalue weighted by Crippen LogP contribution is 2.19. The molecule has 1 aromatic rings. The first-order valence-corrected chi connectivity index (χ1v) is 7.27. The number of hydrogen-bond acceptors (Lipinski definition) is 2. The first kappa shape index (κ1) is 19.9. The van der Waals surface area contributed by atoms with Crippen LogP contribution in [0.5, 0.6) is 5.75 Å². The number of benzene rings is 1. The van der Waals surface area contributed by atoms with E-state index in [1.54, 1.807) is 12.1 Å². The SMILES string of the molecule is I.NC(=NCc1ccc(OCC(F)(F)F)cc1)N1CCCCC1. The molecular weight excluding hydrogens is 422 g/mol. The van der Waals surface area contributed by atoms with Crippen molar-refractivity contribution in [2.24, 2.45) is 10.7 Å². The summed E-state index contributed by atoms with van der Waals surface area (Å²) in [5, 5.41) is 0. The fourth-order valence-corrected chi connectivity index (χ4v) is 2.25. The lowest BCUT2D eigenvalue weighted by Crippen LogP contribution is -2.40. The Bertz CT molecular complexity index is 500. The summed E-state index contributed by atoms with van der Waals surface area (Å²) in [4.78, 5) is 6.39. The average Bonchev–Trinajstić information content (AvgIpc) is 2.52. The maximum atomic E-state index is 12.0. The third kappa shape index (κ3) is 7.28. The Kier molecular flexibility index (Phi) is 7.93. The van der Waals surface area contributed by atoms with E-state index in [2.05, 4.69) is 14.6 Å². The molecular formula is C15H21F3IN3O. The number of alkyl halides is 3. The molecule has 130 valence electrons. The highest BCUT2D eigenvalue weighted by molar-refractivity contribution is 14.0. The van der Waals surface area contributed by atoms with Gasteiger partial charge in [0.05, 0.1) is 6.54 Å². The van der Waals surface area contributed by atoms with Crippen LogP contribution in [0.3, 0.4) is 0 Å². The van der Waals surface area contributed by atoms with Crippen molar-refractivity contribution in [1.82, 2.24) is 4.90 Å². The van der Waals surface area contributed by atoms with Gasteiger partial charge in [0.2, 0.25) is 0 Å². The van der Waals surface area contributed by atoms with Gasteiger partial charge in [-0.05, 0) is 37.0 Å². The van der Waals surface area contributed by atoms with E-state index in [0.29, 0.717) is 12.5 Å². The van der Waals surface area contributed by atoms with E-state index >= 15 is 0 Å². The Morgan fingerprint density at radius 2 is 1.74 bits per heavy atom. The van der Waals surface area contributed by atoms with Crippen LogP contribution in [-0.2, 0) is 6.54 Å². The number of nitrogens with two attached hydrogens (primary N) is 1. The number of aliphatic imine (C=N–C) groups is 1. The molecule has 0 unspecified atom stereocenters. The van der Waals surface area contributed by atoms with Crippen LogP contribution in [-0.4, -0.2) is 36.7 Å². The molecule has 23 heavy (non-hydrogen) atoms. The molecule has 0 atom stereocenters. The number of nitrogens with zero attached hydrogens (tertiary/aromatic N) is 2. The molecule has 2 rings (SSSR count). The van der Waals surface area contributed by atoms with Crippen LogP contribution in [0.4, 0.5) is 13.2 Å². The lowest BCUT2D eigenvalue weighted by Gasteiger charge is -2.27. The standard InChI is InChI=1S/C15H20F3N3O.HI/c16-15(17,18)11-22-13-6-4-12(5-7-13)10-20-14(19)21-8-2-1-3-9-21;/h4-7H,1-3,8-11H2,(H2,19,20);1H. The van der Waals surface area contributed by atoms with Crippen LogP contribution < -0.4 is 10.5 Å². The fraction of sp³-hybridized carbons (Fsp3) is 0.533. The predicted octanol–water partition coefficient (Wildman–Crippen LogP) is 3.55. The monoisotopic (exact) mass is 443 g/mol. The smallest absolute Gasteiger partial charge is 0.422 e. The van der Waals surface area contributed by atoms with Gasteiger partial charge in [-0.1, -0.05) is 12.1 Å². The second-order valence-corrected chi connectivity index (χ2v) is 5.27. The lowest BCUT2D eigenvalue weighted by molar-refractivity contribution is -0.153. The van der Waals surface area contributed by atoms with Gasteiger partial charge < -0.3 is 15.4 Å². The zero-order chi connectivity index (χ0) is 16.0. The summed E-state index contributed by atoms with van der Waals surface area (Å²) in [6.45, 7) is 0.980. The Balaban J connectivity index is 0.00000264. The van der Waals surface area contributed by atoms with E-state index in [1.165, 1.54) is 18.6 Å². The second kappa shape index (κ2) is 9.19. The number of likely N-dealkylation sites (tertiary alicyclic amines) is 1. The predicted molar refractivity (Wildman–Crippen MR) is 94.2 cm³/mol. The molecule has 1 aliphatic rings. The molecule has 0 bridgehead atoms. The molecule has 1 aliphatic heterocycles. The van der Waals surface area contributed by atoms with Crippen molar-refractivity contribution in [3.8, 4) is 5.75 Å². The molecule has 0 saturated carbocycles. The topological polar surface area (TPSA) is 50.9 Å². The zero-order valence-electron chi connectivity index (χ0n) is 12.7. The minimum Gasteiger partial charge on any atom is -0.484 e. The van der Waals surface area contributed by atoms with Crippen LogP contribution >= 0.6 is 24.0 Å².